The number of carbonyl (C=O) groups excluding carboxylic acids is 1. The topological polar surface area (TPSA) is 58.4 Å². The van der Waals surface area contributed by atoms with Crippen LogP contribution in [-0.4, -0.2) is 36.5 Å². The smallest absolute Gasteiger partial charge is 0.223 e. The van der Waals surface area contributed by atoms with Crippen molar-refractivity contribution in [2.24, 2.45) is 17.6 Å². The molecule has 1 aliphatic heterocycles. The maximum atomic E-state index is 12.3. The minimum atomic E-state index is 0.151. The van der Waals surface area contributed by atoms with Crippen molar-refractivity contribution in [1.82, 2.24) is 10.2 Å². The SMILES string of the molecule is NC1CCCC(C(=O)NCC2CCN(Cc3cccs3)CC2)C1. The summed E-state index contributed by atoms with van der Waals surface area (Å²) in [6, 6.07) is 4.56. The van der Waals surface area contributed by atoms with Crippen LogP contribution in [0.25, 0.3) is 0 Å². The summed E-state index contributed by atoms with van der Waals surface area (Å²) in [4.78, 5) is 16.3. The van der Waals surface area contributed by atoms with E-state index in [0.29, 0.717) is 5.92 Å². The van der Waals surface area contributed by atoms with Gasteiger partial charge in [0.15, 0.2) is 0 Å². The molecule has 2 fully saturated rings. The summed E-state index contributed by atoms with van der Waals surface area (Å²) in [7, 11) is 0. The highest BCUT2D eigenvalue weighted by atomic mass is 32.1. The van der Waals surface area contributed by atoms with Crippen molar-refractivity contribution in [2.45, 2.75) is 51.1 Å². The molecule has 1 aromatic rings. The molecule has 1 amide bonds. The summed E-state index contributed by atoms with van der Waals surface area (Å²) in [6.45, 7) is 4.22. The lowest BCUT2D eigenvalue weighted by Crippen LogP contribution is -2.42. The zero-order valence-corrected chi connectivity index (χ0v) is 14.7. The molecule has 0 spiro atoms. The van der Waals surface area contributed by atoms with Crippen LogP contribution in [0.3, 0.4) is 0 Å². The molecule has 2 atom stereocenters. The summed E-state index contributed by atoms with van der Waals surface area (Å²) in [5, 5.41) is 5.34. The summed E-state index contributed by atoms with van der Waals surface area (Å²) in [6.07, 6.45) is 6.43. The number of nitrogens with two attached hydrogens (primary N) is 1. The molecule has 0 aromatic carbocycles. The zero-order valence-electron chi connectivity index (χ0n) is 13.9. The van der Waals surface area contributed by atoms with Gasteiger partial charge in [-0.15, -0.1) is 11.3 Å². The van der Waals surface area contributed by atoms with Crippen LogP contribution >= 0.6 is 11.3 Å². The highest BCUT2D eigenvalue weighted by Crippen LogP contribution is 2.24. The Labute approximate surface area is 143 Å². The molecule has 2 unspecified atom stereocenters. The van der Waals surface area contributed by atoms with E-state index in [4.69, 9.17) is 5.73 Å². The van der Waals surface area contributed by atoms with Crippen LogP contribution in [0.5, 0.6) is 0 Å². The van der Waals surface area contributed by atoms with Crippen LogP contribution in [-0.2, 0) is 11.3 Å². The van der Waals surface area contributed by atoms with E-state index < -0.39 is 0 Å². The standard InChI is InChI=1S/C18H29N3OS/c19-16-4-1-3-15(11-16)18(22)20-12-14-6-8-21(9-7-14)13-17-5-2-10-23-17/h2,5,10,14-16H,1,3-4,6-9,11-13,19H2,(H,20,22). The van der Waals surface area contributed by atoms with Crippen LogP contribution in [0.4, 0.5) is 0 Å². The van der Waals surface area contributed by atoms with Gasteiger partial charge in [-0.3, -0.25) is 9.69 Å². The van der Waals surface area contributed by atoms with Gasteiger partial charge >= 0.3 is 0 Å². The maximum absolute atomic E-state index is 12.3. The molecule has 3 rings (SSSR count). The molecular weight excluding hydrogens is 306 g/mol. The largest absolute Gasteiger partial charge is 0.356 e. The normalized spacial score (nSPS) is 27.0. The number of likely N-dealkylation sites (tertiary alicyclic amines) is 1. The van der Waals surface area contributed by atoms with Gasteiger partial charge in [-0.05, 0) is 62.6 Å². The lowest BCUT2D eigenvalue weighted by molar-refractivity contribution is -0.126. The van der Waals surface area contributed by atoms with E-state index in [-0.39, 0.29) is 17.9 Å². The number of hydrogen-bond acceptors (Lipinski definition) is 4. The van der Waals surface area contributed by atoms with Crippen molar-refractivity contribution in [1.29, 1.82) is 0 Å². The van der Waals surface area contributed by atoms with Gasteiger partial charge in [0.25, 0.3) is 0 Å². The van der Waals surface area contributed by atoms with Gasteiger partial charge < -0.3 is 11.1 Å². The van der Waals surface area contributed by atoms with Gasteiger partial charge in [0.1, 0.15) is 0 Å². The van der Waals surface area contributed by atoms with Crippen LogP contribution in [0.2, 0.25) is 0 Å². The third-order valence-corrected chi connectivity index (χ3v) is 6.18. The molecule has 2 heterocycles. The van der Waals surface area contributed by atoms with Gasteiger partial charge in [0, 0.05) is 29.9 Å². The summed E-state index contributed by atoms with van der Waals surface area (Å²) in [5.41, 5.74) is 5.99. The van der Waals surface area contributed by atoms with E-state index in [0.717, 1.165) is 51.9 Å². The maximum Gasteiger partial charge on any atom is 0.223 e. The van der Waals surface area contributed by atoms with Gasteiger partial charge in [0.2, 0.25) is 5.91 Å². The number of rotatable bonds is 5. The van der Waals surface area contributed by atoms with Crippen molar-refractivity contribution in [3.63, 3.8) is 0 Å². The average Bonchev–Trinajstić information content (AvgIpc) is 3.07. The van der Waals surface area contributed by atoms with Crippen molar-refractivity contribution in [2.75, 3.05) is 19.6 Å². The number of hydrogen-bond donors (Lipinski definition) is 2. The summed E-state index contributed by atoms with van der Waals surface area (Å²) in [5.74, 6) is 1.02. The van der Waals surface area contributed by atoms with Gasteiger partial charge in [-0.1, -0.05) is 12.5 Å². The number of nitrogens with one attached hydrogen (secondary N) is 1. The molecule has 0 radical (unpaired) electrons. The summed E-state index contributed by atoms with van der Waals surface area (Å²) < 4.78 is 0. The average molecular weight is 336 g/mol. The van der Waals surface area contributed by atoms with Crippen molar-refractivity contribution in [3.05, 3.63) is 22.4 Å². The Bertz CT molecular complexity index is 482. The quantitative estimate of drug-likeness (QED) is 0.869. The number of piperidine rings is 1. The molecule has 4 nitrogen and oxygen atoms in total. The van der Waals surface area contributed by atoms with Gasteiger partial charge in [0.05, 0.1) is 0 Å². The predicted octanol–water partition coefficient (Wildman–Crippen LogP) is 2.59. The lowest BCUT2D eigenvalue weighted by atomic mass is 9.85. The van der Waals surface area contributed by atoms with Crippen LogP contribution < -0.4 is 11.1 Å². The second-order valence-electron chi connectivity index (χ2n) is 7.17. The minimum Gasteiger partial charge on any atom is -0.356 e. The monoisotopic (exact) mass is 335 g/mol. The molecule has 1 aliphatic carbocycles. The second-order valence-corrected chi connectivity index (χ2v) is 8.20. The third-order valence-electron chi connectivity index (χ3n) is 5.32. The molecule has 23 heavy (non-hydrogen) atoms. The molecule has 5 heteroatoms. The van der Waals surface area contributed by atoms with E-state index in [1.165, 1.54) is 17.7 Å². The Kier molecular flexibility index (Phi) is 6.08. The van der Waals surface area contributed by atoms with E-state index in [1.807, 2.05) is 11.3 Å². The fourth-order valence-electron chi connectivity index (χ4n) is 3.83. The van der Waals surface area contributed by atoms with E-state index in [9.17, 15) is 4.79 Å². The first-order valence-corrected chi connectivity index (χ1v) is 9.86. The Morgan fingerprint density at radius 3 is 2.83 bits per heavy atom. The number of thiophene rings is 1. The Hall–Kier alpha value is -0.910. The van der Waals surface area contributed by atoms with Crippen LogP contribution in [0, 0.1) is 11.8 Å². The number of amides is 1. The number of carbonyl (C=O) groups is 1. The first kappa shape index (κ1) is 16.9. The zero-order chi connectivity index (χ0) is 16.1. The highest BCUT2D eigenvalue weighted by Gasteiger charge is 2.26. The van der Waals surface area contributed by atoms with E-state index in [1.54, 1.807) is 0 Å². The van der Waals surface area contributed by atoms with Crippen molar-refractivity contribution in [3.8, 4) is 0 Å². The lowest BCUT2D eigenvalue weighted by Gasteiger charge is -2.32. The fourth-order valence-corrected chi connectivity index (χ4v) is 4.57. The van der Waals surface area contributed by atoms with Gasteiger partial charge in [-0.25, -0.2) is 0 Å². The van der Waals surface area contributed by atoms with E-state index in [2.05, 4.69) is 27.7 Å². The Morgan fingerprint density at radius 2 is 2.13 bits per heavy atom. The van der Waals surface area contributed by atoms with Crippen molar-refractivity contribution < 1.29 is 4.79 Å². The van der Waals surface area contributed by atoms with Crippen molar-refractivity contribution >= 4 is 17.2 Å². The van der Waals surface area contributed by atoms with Crippen LogP contribution in [0.1, 0.15) is 43.4 Å². The predicted molar refractivity (Wildman–Crippen MR) is 95.3 cm³/mol. The van der Waals surface area contributed by atoms with E-state index >= 15 is 0 Å². The Balaban J connectivity index is 1.35. The molecule has 1 saturated carbocycles. The molecule has 3 N–H and O–H groups in total. The minimum absolute atomic E-state index is 0.151. The van der Waals surface area contributed by atoms with Crippen LogP contribution in [0.15, 0.2) is 17.5 Å². The Morgan fingerprint density at radius 1 is 1.30 bits per heavy atom. The third kappa shape index (κ3) is 5.03. The highest BCUT2D eigenvalue weighted by molar-refractivity contribution is 7.09. The molecule has 1 aromatic heterocycles. The molecule has 1 saturated heterocycles. The summed E-state index contributed by atoms with van der Waals surface area (Å²) >= 11 is 1.84. The molecule has 2 aliphatic rings. The number of nitrogens with zero attached hydrogens (tertiary/aromatic N) is 1. The molecular formula is C18H29N3OS. The fraction of sp³-hybridized carbons (Fsp3) is 0.722. The molecule has 0 bridgehead atoms. The molecule has 128 valence electrons. The second kappa shape index (κ2) is 8.27. The van der Waals surface area contributed by atoms with Gasteiger partial charge in [-0.2, -0.15) is 0 Å². The first-order chi connectivity index (χ1) is 11.2. The first-order valence-electron chi connectivity index (χ1n) is 8.98.